The summed E-state index contributed by atoms with van der Waals surface area (Å²) in [6.45, 7) is 10.0. The van der Waals surface area contributed by atoms with E-state index in [2.05, 4.69) is 61.6 Å². The number of nitrogens with one attached hydrogen (secondary N) is 3. The topological polar surface area (TPSA) is 50.9 Å². The molecular weight excluding hydrogens is 392 g/mol. The number of carbonyl (C=O) groups is 1. The quantitative estimate of drug-likeness (QED) is 0.533. The number of fused-ring (bicyclic) bond motifs is 1. The van der Waals surface area contributed by atoms with Gasteiger partial charge in [0.2, 0.25) is 0 Å². The maximum atomic E-state index is 12.6. The smallest absolute Gasteiger partial charge is 0.275 e. The predicted molar refractivity (Wildman–Crippen MR) is 122 cm³/mol. The second-order valence-electron chi connectivity index (χ2n) is 8.37. The minimum absolute atomic E-state index is 0.100. The van der Waals surface area contributed by atoms with E-state index in [1.807, 2.05) is 17.4 Å². The molecule has 3 aromatic rings. The number of carbonyl (C=O) groups excluding carboxylic acids is 1. The Morgan fingerprint density at radius 1 is 1.07 bits per heavy atom. The minimum Gasteiger partial charge on any atom is -0.344 e. The van der Waals surface area contributed by atoms with Gasteiger partial charge in [0.05, 0.1) is 16.3 Å². The molecule has 0 bridgehead atoms. The number of hydrogen-bond acceptors (Lipinski definition) is 3. The first-order valence-corrected chi connectivity index (χ1v) is 11.8. The second kappa shape index (κ2) is 9.69. The lowest BCUT2D eigenvalue weighted by Gasteiger charge is -2.29. The summed E-state index contributed by atoms with van der Waals surface area (Å²) >= 11 is 1.81. The van der Waals surface area contributed by atoms with Crippen molar-refractivity contribution < 1.29 is 14.6 Å². The van der Waals surface area contributed by atoms with E-state index in [-0.39, 0.29) is 11.9 Å². The van der Waals surface area contributed by atoms with E-state index in [4.69, 9.17) is 4.98 Å². The molecule has 0 aliphatic carbocycles. The van der Waals surface area contributed by atoms with Gasteiger partial charge in [-0.2, -0.15) is 0 Å². The van der Waals surface area contributed by atoms with E-state index in [1.54, 1.807) is 4.90 Å². The summed E-state index contributed by atoms with van der Waals surface area (Å²) in [4.78, 5) is 20.4. The lowest BCUT2D eigenvalue weighted by atomic mass is 10.0. The summed E-state index contributed by atoms with van der Waals surface area (Å²) < 4.78 is 1.27. The molecule has 1 saturated heterocycles. The number of rotatable bonds is 7. The number of aromatic nitrogens is 1. The molecule has 0 radical (unpaired) electrons. The number of piperazine rings is 1. The minimum atomic E-state index is 0.100. The van der Waals surface area contributed by atoms with E-state index < -0.39 is 0 Å². The standard InChI is InChI=1S/C24H30N4OS/c1-3-20(19-10-8-18(2)9-11-19)25-23(29)16-27-12-14-28(15-13-27)17-24-26-21-6-4-5-7-22(21)30-24/h4-11,20H,3,12-17H2,1-2H3,(H,25,29)/p+2/t20-/m1/s1. The normalized spacial score (nSPS) is 20.2. The third kappa shape index (κ3) is 5.25. The Kier molecular flexibility index (Phi) is 6.77. The van der Waals surface area contributed by atoms with Crippen LogP contribution < -0.4 is 15.1 Å². The fourth-order valence-corrected chi connectivity index (χ4v) is 5.25. The molecule has 6 heteroatoms. The molecular formula is C24H32N4OS+2. The van der Waals surface area contributed by atoms with E-state index in [9.17, 15) is 4.79 Å². The van der Waals surface area contributed by atoms with Crippen LogP contribution in [0.15, 0.2) is 48.5 Å². The number of aryl methyl sites for hydroxylation is 1. The van der Waals surface area contributed by atoms with Crippen LogP contribution in [0.2, 0.25) is 0 Å². The number of quaternary nitrogens is 2. The highest BCUT2D eigenvalue weighted by Crippen LogP contribution is 2.20. The average molecular weight is 425 g/mol. The average Bonchev–Trinajstić information content (AvgIpc) is 3.16. The molecule has 3 N–H and O–H groups in total. The van der Waals surface area contributed by atoms with Crippen LogP contribution in [0.4, 0.5) is 0 Å². The molecule has 2 heterocycles. The van der Waals surface area contributed by atoms with Crippen LogP contribution in [-0.4, -0.2) is 43.6 Å². The van der Waals surface area contributed by atoms with Crippen molar-refractivity contribution in [1.82, 2.24) is 10.3 Å². The summed E-state index contributed by atoms with van der Waals surface area (Å²) in [5.74, 6) is 0.159. The summed E-state index contributed by atoms with van der Waals surface area (Å²) in [5, 5.41) is 4.46. The molecule has 30 heavy (non-hydrogen) atoms. The molecule has 0 unspecified atom stereocenters. The first-order chi connectivity index (χ1) is 14.6. The maximum absolute atomic E-state index is 12.6. The fourth-order valence-electron chi connectivity index (χ4n) is 4.21. The first kappa shape index (κ1) is 21.0. The van der Waals surface area contributed by atoms with E-state index in [1.165, 1.54) is 25.7 Å². The molecule has 1 aliphatic rings. The SMILES string of the molecule is CC[C@@H](NC(=O)C[NH+]1CC[NH+](Cc2nc3ccccc3s2)CC1)c1ccc(C)cc1. The van der Waals surface area contributed by atoms with Gasteiger partial charge in [-0.3, -0.25) is 4.79 Å². The molecule has 1 aromatic heterocycles. The molecule has 0 saturated carbocycles. The maximum Gasteiger partial charge on any atom is 0.275 e. The van der Waals surface area contributed by atoms with Crippen LogP contribution in [0.5, 0.6) is 0 Å². The Balaban J connectivity index is 1.24. The van der Waals surface area contributed by atoms with Crippen LogP contribution in [0, 0.1) is 6.92 Å². The zero-order valence-electron chi connectivity index (χ0n) is 17.9. The van der Waals surface area contributed by atoms with Crippen LogP contribution in [0.25, 0.3) is 10.2 Å². The largest absolute Gasteiger partial charge is 0.344 e. The van der Waals surface area contributed by atoms with Gasteiger partial charge in [-0.25, -0.2) is 4.98 Å². The van der Waals surface area contributed by atoms with Crippen molar-refractivity contribution in [2.24, 2.45) is 0 Å². The van der Waals surface area contributed by atoms with Crippen molar-refractivity contribution in [3.63, 3.8) is 0 Å². The van der Waals surface area contributed by atoms with Gasteiger partial charge in [0.15, 0.2) is 6.54 Å². The Bertz CT molecular complexity index is 943. The molecule has 158 valence electrons. The summed E-state index contributed by atoms with van der Waals surface area (Å²) in [6, 6.07) is 16.9. The number of para-hydroxylation sites is 1. The van der Waals surface area contributed by atoms with Gasteiger partial charge in [0, 0.05) is 0 Å². The molecule has 5 nitrogen and oxygen atoms in total. The lowest BCUT2D eigenvalue weighted by Crippen LogP contribution is -3.28. The van der Waals surface area contributed by atoms with Crippen LogP contribution in [0.3, 0.4) is 0 Å². The highest BCUT2D eigenvalue weighted by atomic mass is 32.1. The highest BCUT2D eigenvalue weighted by molar-refractivity contribution is 7.18. The van der Waals surface area contributed by atoms with Crippen molar-refractivity contribution >= 4 is 27.5 Å². The van der Waals surface area contributed by atoms with Gasteiger partial charge in [-0.15, -0.1) is 11.3 Å². The molecule has 1 aliphatic heterocycles. The molecule has 1 atom stereocenters. The second-order valence-corrected chi connectivity index (χ2v) is 9.48. The van der Waals surface area contributed by atoms with Gasteiger partial charge in [-0.1, -0.05) is 48.9 Å². The number of hydrogen-bond donors (Lipinski definition) is 3. The van der Waals surface area contributed by atoms with Gasteiger partial charge in [-0.05, 0) is 31.0 Å². The molecule has 0 spiro atoms. The number of benzene rings is 2. The number of thiazole rings is 1. The molecule has 4 rings (SSSR count). The van der Waals surface area contributed by atoms with E-state index >= 15 is 0 Å². The molecule has 1 amide bonds. The Labute approximate surface area is 182 Å². The van der Waals surface area contributed by atoms with Crippen LogP contribution >= 0.6 is 11.3 Å². The number of amides is 1. The monoisotopic (exact) mass is 424 g/mol. The van der Waals surface area contributed by atoms with Crippen LogP contribution in [-0.2, 0) is 11.3 Å². The lowest BCUT2D eigenvalue weighted by molar-refractivity contribution is -1.02. The summed E-state index contributed by atoms with van der Waals surface area (Å²) in [5.41, 5.74) is 3.55. The van der Waals surface area contributed by atoms with Gasteiger partial charge >= 0.3 is 0 Å². The summed E-state index contributed by atoms with van der Waals surface area (Å²) in [6.07, 6.45) is 0.907. The third-order valence-corrected chi connectivity index (χ3v) is 7.07. The zero-order valence-corrected chi connectivity index (χ0v) is 18.7. The van der Waals surface area contributed by atoms with Crippen molar-refractivity contribution in [2.45, 2.75) is 32.9 Å². The zero-order chi connectivity index (χ0) is 20.9. The Morgan fingerprint density at radius 3 is 2.47 bits per heavy atom. The summed E-state index contributed by atoms with van der Waals surface area (Å²) in [7, 11) is 0. The molecule has 1 fully saturated rings. The van der Waals surface area contributed by atoms with Gasteiger partial charge in [0.1, 0.15) is 37.7 Å². The Hall–Kier alpha value is -2.28. The first-order valence-electron chi connectivity index (χ1n) is 11.0. The van der Waals surface area contributed by atoms with Crippen LogP contribution in [0.1, 0.15) is 35.5 Å². The van der Waals surface area contributed by atoms with Gasteiger partial charge < -0.3 is 15.1 Å². The van der Waals surface area contributed by atoms with E-state index in [0.717, 1.165) is 44.7 Å². The van der Waals surface area contributed by atoms with E-state index in [0.29, 0.717) is 6.54 Å². The van der Waals surface area contributed by atoms with Crippen molar-refractivity contribution in [1.29, 1.82) is 0 Å². The number of nitrogens with zero attached hydrogens (tertiary/aromatic N) is 1. The third-order valence-electron chi connectivity index (χ3n) is 6.04. The fraction of sp³-hybridized carbons (Fsp3) is 0.417. The Morgan fingerprint density at radius 2 is 1.77 bits per heavy atom. The van der Waals surface area contributed by atoms with Crippen molar-refractivity contribution in [2.75, 3.05) is 32.7 Å². The van der Waals surface area contributed by atoms with Gasteiger partial charge in [0.25, 0.3) is 5.91 Å². The highest BCUT2D eigenvalue weighted by Gasteiger charge is 2.26. The molecule has 2 aromatic carbocycles. The van der Waals surface area contributed by atoms with Crippen molar-refractivity contribution in [3.05, 3.63) is 64.7 Å². The predicted octanol–water partition coefficient (Wildman–Crippen LogP) is 1.16. The van der Waals surface area contributed by atoms with Crippen molar-refractivity contribution in [3.8, 4) is 0 Å².